The van der Waals surface area contributed by atoms with Gasteiger partial charge in [0.05, 0.1) is 13.2 Å². The first-order valence-corrected chi connectivity index (χ1v) is 5.93. The molecule has 2 rings (SSSR count). The molecule has 1 heterocycles. The van der Waals surface area contributed by atoms with Gasteiger partial charge in [0.15, 0.2) is 0 Å². The lowest BCUT2D eigenvalue weighted by Crippen LogP contribution is -2.34. The second-order valence-electron chi connectivity index (χ2n) is 4.14. The van der Waals surface area contributed by atoms with Crippen molar-refractivity contribution in [2.24, 2.45) is 0 Å². The van der Waals surface area contributed by atoms with Crippen LogP contribution in [0.2, 0.25) is 0 Å². The number of benzene rings is 1. The van der Waals surface area contributed by atoms with Crippen molar-refractivity contribution in [3.05, 3.63) is 54.1 Å². The summed E-state index contributed by atoms with van der Waals surface area (Å²) in [5.41, 5.74) is 1.09. The molecule has 0 radical (unpaired) electrons. The second kappa shape index (κ2) is 5.76. The van der Waals surface area contributed by atoms with E-state index in [1.54, 1.807) is 13.0 Å². The zero-order chi connectivity index (χ0) is 12.8. The van der Waals surface area contributed by atoms with Crippen molar-refractivity contribution in [2.45, 2.75) is 12.7 Å². The van der Waals surface area contributed by atoms with Crippen LogP contribution >= 0.6 is 0 Å². The molecule has 1 aliphatic rings. The predicted molar refractivity (Wildman–Crippen MR) is 69.9 cm³/mol. The third-order valence-corrected chi connectivity index (χ3v) is 2.73. The standard InChI is InChI=1S/C15H16O3/c1-15(17-11-12-18-15)14(16)10-6-5-9-13-7-3-2-4-8-13/h2-10H,11-12H2,1H3/b9-5+,10-6+. The Morgan fingerprint density at radius 2 is 1.83 bits per heavy atom. The average Bonchev–Trinajstić information content (AvgIpc) is 2.84. The Hall–Kier alpha value is -1.71. The molecule has 0 saturated carbocycles. The minimum atomic E-state index is -1.10. The van der Waals surface area contributed by atoms with Crippen LogP contribution in [0.1, 0.15) is 12.5 Å². The third-order valence-electron chi connectivity index (χ3n) is 2.73. The lowest BCUT2D eigenvalue weighted by molar-refractivity contribution is -0.168. The fourth-order valence-corrected chi connectivity index (χ4v) is 1.68. The molecule has 1 aromatic carbocycles. The van der Waals surface area contributed by atoms with Crippen LogP contribution in [0.3, 0.4) is 0 Å². The van der Waals surface area contributed by atoms with Gasteiger partial charge in [0.2, 0.25) is 11.6 Å². The third kappa shape index (κ3) is 3.15. The molecule has 1 fully saturated rings. The van der Waals surface area contributed by atoms with Gasteiger partial charge in [-0.2, -0.15) is 0 Å². The average molecular weight is 244 g/mol. The Morgan fingerprint density at radius 1 is 1.17 bits per heavy atom. The van der Waals surface area contributed by atoms with E-state index >= 15 is 0 Å². The molecule has 18 heavy (non-hydrogen) atoms. The van der Waals surface area contributed by atoms with Gasteiger partial charge in [-0.3, -0.25) is 4.79 Å². The van der Waals surface area contributed by atoms with Crippen LogP contribution in [0.25, 0.3) is 6.08 Å². The molecule has 0 unspecified atom stereocenters. The van der Waals surface area contributed by atoms with Crippen molar-refractivity contribution in [3.63, 3.8) is 0 Å². The van der Waals surface area contributed by atoms with E-state index < -0.39 is 5.79 Å². The summed E-state index contributed by atoms with van der Waals surface area (Å²) in [6.07, 6.45) is 6.93. The summed E-state index contributed by atoms with van der Waals surface area (Å²) in [6, 6.07) is 9.89. The summed E-state index contributed by atoms with van der Waals surface area (Å²) >= 11 is 0. The van der Waals surface area contributed by atoms with E-state index in [1.165, 1.54) is 6.08 Å². The minimum Gasteiger partial charge on any atom is -0.341 e. The van der Waals surface area contributed by atoms with Crippen LogP contribution in [0, 0.1) is 0 Å². The Kier molecular flexibility index (Phi) is 4.07. The number of carbonyl (C=O) groups is 1. The Bertz CT molecular complexity index is 454. The smallest absolute Gasteiger partial charge is 0.230 e. The van der Waals surface area contributed by atoms with Gasteiger partial charge in [-0.05, 0) is 18.6 Å². The first kappa shape index (κ1) is 12.7. The number of carbonyl (C=O) groups excluding carboxylic acids is 1. The molecule has 0 amide bonds. The zero-order valence-electron chi connectivity index (χ0n) is 10.3. The van der Waals surface area contributed by atoms with Gasteiger partial charge in [-0.1, -0.05) is 48.6 Å². The first-order chi connectivity index (χ1) is 8.71. The molecular formula is C15H16O3. The van der Waals surface area contributed by atoms with E-state index in [9.17, 15) is 4.79 Å². The normalized spacial score (nSPS) is 18.7. The maximum absolute atomic E-state index is 11.8. The number of ether oxygens (including phenoxy) is 2. The van der Waals surface area contributed by atoms with E-state index in [0.29, 0.717) is 13.2 Å². The van der Waals surface area contributed by atoms with Crippen LogP contribution in [-0.4, -0.2) is 24.8 Å². The van der Waals surface area contributed by atoms with Crippen LogP contribution in [0.5, 0.6) is 0 Å². The molecule has 3 nitrogen and oxygen atoms in total. The highest BCUT2D eigenvalue weighted by molar-refractivity contribution is 5.96. The Labute approximate surface area is 107 Å². The fraction of sp³-hybridized carbons (Fsp3) is 0.267. The first-order valence-electron chi connectivity index (χ1n) is 5.93. The van der Waals surface area contributed by atoms with Crippen LogP contribution < -0.4 is 0 Å². The molecule has 0 bridgehead atoms. The van der Waals surface area contributed by atoms with Crippen molar-refractivity contribution in [1.82, 2.24) is 0 Å². The number of rotatable bonds is 4. The van der Waals surface area contributed by atoms with E-state index in [4.69, 9.17) is 9.47 Å². The van der Waals surface area contributed by atoms with Gasteiger partial charge in [0.25, 0.3) is 0 Å². The maximum atomic E-state index is 11.8. The van der Waals surface area contributed by atoms with Crippen LogP contribution in [0.4, 0.5) is 0 Å². The van der Waals surface area contributed by atoms with Crippen LogP contribution in [0.15, 0.2) is 48.6 Å². The highest BCUT2D eigenvalue weighted by atomic mass is 16.7. The van der Waals surface area contributed by atoms with Gasteiger partial charge >= 0.3 is 0 Å². The van der Waals surface area contributed by atoms with Crippen molar-refractivity contribution < 1.29 is 14.3 Å². The summed E-state index contributed by atoms with van der Waals surface area (Å²) in [6.45, 7) is 2.58. The summed E-state index contributed by atoms with van der Waals surface area (Å²) < 4.78 is 10.5. The van der Waals surface area contributed by atoms with Gasteiger partial charge in [-0.25, -0.2) is 0 Å². The highest BCUT2D eigenvalue weighted by Gasteiger charge is 2.37. The van der Waals surface area contributed by atoms with Crippen molar-refractivity contribution in [1.29, 1.82) is 0 Å². The van der Waals surface area contributed by atoms with E-state index in [1.807, 2.05) is 42.5 Å². The van der Waals surface area contributed by atoms with Gasteiger partial charge in [0, 0.05) is 0 Å². The van der Waals surface area contributed by atoms with Crippen molar-refractivity contribution in [3.8, 4) is 0 Å². The molecular weight excluding hydrogens is 228 g/mol. The van der Waals surface area contributed by atoms with Crippen molar-refractivity contribution in [2.75, 3.05) is 13.2 Å². The molecule has 0 atom stereocenters. The Morgan fingerprint density at radius 3 is 2.50 bits per heavy atom. The van der Waals surface area contributed by atoms with Crippen molar-refractivity contribution >= 4 is 11.9 Å². The lowest BCUT2D eigenvalue weighted by atomic mass is 10.1. The van der Waals surface area contributed by atoms with Crippen LogP contribution in [-0.2, 0) is 14.3 Å². The maximum Gasteiger partial charge on any atom is 0.230 e. The molecule has 0 N–H and O–H groups in total. The molecule has 94 valence electrons. The molecule has 0 aromatic heterocycles. The molecule has 1 aromatic rings. The number of hydrogen-bond acceptors (Lipinski definition) is 3. The molecule has 0 aliphatic carbocycles. The topological polar surface area (TPSA) is 35.5 Å². The predicted octanol–water partition coefficient (Wildman–Crippen LogP) is 2.59. The Balaban J connectivity index is 1.92. The van der Waals surface area contributed by atoms with Gasteiger partial charge in [0.1, 0.15) is 0 Å². The molecule has 1 saturated heterocycles. The van der Waals surface area contributed by atoms with E-state index in [2.05, 4.69) is 0 Å². The van der Waals surface area contributed by atoms with E-state index in [-0.39, 0.29) is 5.78 Å². The summed E-state index contributed by atoms with van der Waals surface area (Å²) in [5, 5.41) is 0. The largest absolute Gasteiger partial charge is 0.341 e. The molecule has 0 spiro atoms. The zero-order valence-corrected chi connectivity index (χ0v) is 10.3. The SMILES string of the molecule is CC1(C(=O)/C=C/C=C/c2ccccc2)OCCO1. The summed E-state index contributed by atoms with van der Waals surface area (Å²) in [5.74, 6) is -1.27. The highest BCUT2D eigenvalue weighted by Crippen LogP contribution is 2.19. The monoisotopic (exact) mass is 244 g/mol. The van der Waals surface area contributed by atoms with Gasteiger partial charge in [-0.15, -0.1) is 0 Å². The summed E-state index contributed by atoms with van der Waals surface area (Å²) in [7, 11) is 0. The summed E-state index contributed by atoms with van der Waals surface area (Å²) in [4.78, 5) is 11.8. The molecule has 1 aliphatic heterocycles. The fourth-order valence-electron chi connectivity index (χ4n) is 1.68. The minimum absolute atomic E-state index is 0.169. The number of allylic oxidation sites excluding steroid dienone is 2. The van der Waals surface area contributed by atoms with E-state index in [0.717, 1.165) is 5.56 Å². The molecule has 3 heteroatoms. The lowest BCUT2D eigenvalue weighted by Gasteiger charge is -2.17. The number of hydrogen-bond donors (Lipinski definition) is 0. The van der Waals surface area contributed by atoms with Gasteiger partial charge < -0.3 is 9.47 Å². The number of ketones is 1. The quantitative estimate of drug-likeness (QED) is 0.603. The second-order valence-corrected chi connectivity index (χ2v) is 4.14.